The monoisotopic (exact) mass is 230 g/mol. The third-order valence-corrected chi connectivity index (χ3v) is 1.77. The Morgan fingerprint density at radius 2 is 2.18 bits per heavy atom. The second kappa shape index (κ2) is 4.95. The van der Waals surface area contributed by atoms with Gasteiger partial charge in [0.1, 0.15) is 11.6 Å². The van der Waals surface area contributed by atoms with Crippen LogP contribution >= 0.6 is 15.9 Å². The Balaban J connectivity index is -0.000000333. The van der Waals surface area contributed by atoms with E-state index in [4.69, 9.17) is 4.74 Å². The molecular formula is C7H8BrFMgO. The Morgan fingerprint density at radius 3 is 2.64 bits per heavy atom. The number of benzene rings is 1. The SMILES string of the molecule is COc1cc(F)ccc1Br.[H-].[H-].[Mg+2]. The van der Waals surface area contributed by atoms with Crippen LogP contribution in [0.4, 0.5) is 4.39 Å². The molecular weight excluding hydrogens is 223 g/mol. The average Bonchev–Trinajstić information content (AvgIpc) is 1.94. The predicted octanol–water partition coefficient (Wildman–Crippen LogP) is 2.44. The van der Waals surface area contributed by atoms with Gasteiger partial charge < -0.3 is 7.59 Å². The van der Waals surface area contributed by atoms with Crippen molar-refractivity contribution < 1.29 is 12.0 Å². The van der Waals surface area contributed by atoms with E-state index in [0.29, 0.717) is 5.75 Å². The topological polar surface area (TPSA) is 9.23 Å². The Morgan fingerprint density at radius 1 is 1.55 bits per heavy atom. The first-order valence-corrected chi connectivity index (χ1v) is 3.52. The predicted molar refractivity (Wildman–Crippen MR) is 48.6 cm³/mol. The molecule has 1 aromatic carbocycles. The number of ether oxygens (including phenoxy) is 1. The smallest absolute Gasteiger partial charge is 1.00 e. The minimum Gasteiger partial charge on any atom is -1.00 e. The maximum atomic E-state index is 12.4. The number of hydrogen-bond donors (Lipinski definition) is 0. The Hall–Kier alpha value is 0.196. The van der Waals surface area contributed by atoms with E-state index in [1.54, 1.807) is 6.07 Å². The molecule has 0 saturated heterocycles. The van der Waals surface area contributed by atoms with Crippen LogP contribution in [0, 0.1) is 5.82 Å². The van der Waals surface area contributed by atoms with E-state index in [-0.39, 0.29) is 31.7 Å². The third kappa shape index (κ3) is 2.97. The van der Waals surface area contributed by atoms with Crippen LogP contribution < -0.4 is 4.74 Å². The molecule has 1 rings (SSSR count). The summed E-state index contributed by atoms with van der Waals surface area (Å²) in [6.45, 7) is 0. The van der Waals surface area contributed by atoms with E-state index in [2.05, 4.69) is 15.9 Å². The van der Waals surface area contributed by atoms with Crippen molar-refractivity contribution >= 4 is 39.0 Å². The summed E-state index contributed by atoms with van der Waals surface area (Å²) in [5.74, 6) is 0.222. The van der Waals surface area contributed by atoms with Gasteiger partial charge in [0, 0.05) is 6.07 Å². The average molecular weight is 231 g/mol. The van der Waals surface area contributed by atoms with Gasteiger partial charge in [-0.3, -0.25) is 0 Å². The minimum absolute atomic E-state index is 0. The van der Waals surface area contributed by atoms with Crippen LogP contribution in [0.3, 0.4) is 0 Å². The summed E-state index contributed by atoms with van der Waals surface area (Å²) in [6.07, 6.45) is 0. The summed E-state index contributed by atoms with van der Waals surface area (Å²) in [4.78, 5) is 0. The van der Waals surface area contributed by atoms with Crippen LogP contribution in [0.15, 0.2) is 22.7 Å². The molecule has 0 atom stereocenters. The fraction of sp³-hybridized carbons (Fsp3) is 0.143. The van der Waals surface area contributed by atoms with Gasteiger partial charge in [0.15, 0.2) is 0 Å². The van der Waals surface area contributed by atoms with Crippen molar-refractivity contribution in [1.29, 1.82) is 0 Å². The van der Waals surface area contributed by atoms with Gasteiger partial charge in [-0.05, 0) is 28.1 Å². The van der Waals surface area contributed by atoms with Crippen molar-refractivity contribution in [3.63, 3.8) is 0 Å². The number of hydrogen-bond acceptors (Lipinski definition) is 1. The van der Waals surface area contributed by atoms with Crippen molar-refractivity contribution in [2.45, 2.75) is 0 Å². The van der Waals surface area contributed by atoms with Crippen LogP contribution in [-0.2, 0) is 0 Å². The van der Waals surface area contributed by atoms with Crippen molar-refractivity contribution in [3.05, 3.63) is 28.5 Å². The molecule has 1 nitrogen and oxygen atoms in total. The fourth-order valence-corrected chi connectivity index (χ4v) is 1.04. The summed E-state index contributed by atoms with van der Waals surface area (Å²) in [5.41, 5.74) is 0. The van der Waals surface area contributed by atoms with Gasteiger partial charge >= 0.3 is 23.1 Å². The van der Waals surface area contributed by atoms with E-state index in [0.717, 1.165) is 4.47 Å². The Kier molecular flexibility index (Phi) is 5.04. The van der Waals surface area contributed by atoms with E-state index in [1.807, 2.05) is 0 Å². The maximum absolute atomic E-state index is 12.4. The molecule has 0 heterocycles. The molecule has 0 spiro atoms. The molecule has 0 unspecified atom stereocenters. The first-order chi connectivity index (χ1) is 4.74. The zero-order valence-corrected chi connectivity index (χ0v) is 9.10. The van der Waals surface area contributed by atoms with E-state index in [1.165, 1.54) is 19.2 Å². The Bertz CT molecular complexity index is 250. The third-order valence-electron chi connectivity index (χ3n) is 1.11. The molecule has 0 radical (unpaired) electrons. The first kappa shape index (κ1) is 11.2. The summed E-state index contributed by atoms with van der Waals surface area (Å²) in [5, 5.41) is 0. The van der Waals surface area contributed by atoms with Gasteiger partial charge in [0.05, 0.1) is 11.6 Å². The quantitative estimate of drug-likeness (QED) is 0.675. The molecule has 0 aromatic heterocycles. The van der Waals surface area contributed by atoms with Crippen molar-refractivity contribution in [1.82, 2.24) is 0 Å². The van der Waals surface area contributed by atoms with Crippen molar-refractivity contribution in [2.24, 2.45) is 0 Å². The van der Waals surface area contributed by atoms with Crippen molar-refractivity contribution in [3.8, 4) is 5.75 Å². The molecule has 0 N–H and O–H groups in total. The Labute approximate surface area is 92.2 Å². The zero-order valence-electron chi connectivity index (χ0n) is 8.10. The molecule has 0 fully saturated rings. The van der Waals surface area contributed by atoms with Gasteiger partial charge in [-0.1, -0.05) is 0 Å². The number of halogens is 2. The van der Waals surface area contributed by atoms with Gasteiger partial charge in [-0.25, -0.2) is 4.39 Å². The van der Waals surface area contributed by atoms with Crippen molar-refractivity contribution in [2.75, 3.05) is 7.11 Å². The second-order valence-corrected chi connectivity index (χ2v) is 2.63. The zero-order chi connectivity index (χ0) is 7.56. The van der Waals surface area contributed by atoms with Gasteiger partial charge in [0.2, 0.25) is 0 Å². The maximum Gasteiger partial charge on any atom is 2.00 e. The molecule has 11 heavy (non-hydrogen) atoms. The van der Waals surface area contributed by atoms with Crippen LogP contribution in [0.2, 0.25) is 0 Å². The van der Waals surface area contributed by atoms with Gasteiger partial charge in [-0.15, -0.1) is 0 Å². The fourth-order valence-electron chi connectivity index (χ4n) is 0.634. The summed E-state index contributed by atoms with van der Waals surface area (Å²) < 4.78 is 18.0. The number of methoxy groups -OCH3 is 1. The molecule has 0 aliphatic carbocycles. The molecule has 4 heteroatoms. The van der Waals surface area contributed by atoms with Crippen LogP contribution in [0.25, 0.3) is 0 Å². The van der Waals surface area contributed by atoms with E-state index in [9.17, 15) is 4.39 Å². The van der Waals surface area contributed by atoms with E-state index >= 15 is 0 Å². The molecule has 1 aromatic rings. The molecule has 58 valence electrons. The normalized spacial score (nSPS) is 8.64. The van der Waals surface area contributed by atoms with Crippen LogP contribution in [-0.4, -0.2) is 30.2 Å². The van der Waals surface area contributed by atoms with Gasteiger partial charge in [0.25, 0.3) is 0 Å². The first-order valence-electron chi connectivity index (χ1n) is 2.73. The van der Waals surface area contributed by atoms with Gasteiger partial charge in [-0.2, -0.15) is 0 Å². The molecule has 0 amide bonds. The van der Waals surface area contributed by atoms with Crippen LogP contribution in [0.1, 0.15) is 2.85 Å². The second-order valence-electron chi connectivity index (χ2n) is 1.78. The molecule has 0 saturated carbocycles. The largest absolute Gasteiger partial charge is 2.00 e. The van der Waals surface area contributed by atoms with Crippen LogP contribution in [0.5, 0.6) is 5.75 Å². The molecule has 0 aliphatic heterocycles. The number of rotatable bonds is 1. The minimum atomic E-state index is -0.292. The summed E-state index contributed by atoms with van der Waals surface area (Å²) in [7, 11) is 1.50. The summed E-state index contributed by atoms with van der Waals surface area (Å²) >= 11 is 3.20. The summed E-state index contributed by atoms with van der Waals surface area (Å²) in [6, 6.07) is 4.30. The van der Waals surface area contributed by atoms with E-state index < -0.39 is 0 Å². The molecule has 0 aliphatic rings. The standard InChI is InChI=1S/C7H6BrFO.Mg.2H/c1-10-7-4-5(9)2-3-6(7)8;;;/h2-4H,1H3;;;/q;+2;2*-1. The molecule has 0 bridgehead atoms.